The first kappa shape index (κ1) is 25.0. The number of carboxylic acid groups (broad SMARTS) is 1. The van der Waals surface area contributed by atoms with Gasteiger partial charge in [-0.2, -0.15) is 0 Å². The molecule has 0 saturated carbocycles. The van der Waals surface area contributed by atoms with Gasteiger partial charge in [0.15, 0.2) is 5.82 Å². The van der Waals surface area contributed by atoms with E-state index in [-0.39, 0.29) is 29.9 Å². The molecule has 0 fully saturated rings. The van der Waals surface area contributed by atoms with Gasteiger partial charge in [0.1, 0.15) is 11.4 Å². The van der Waals surface area contributed by atoms with E-state index in [0.29, 0.717) is 30.0 Å². The van der Waals surface area contributed by atoms with E-state index in [4.69, 9.17) is 10.2 Å². The highest BCUT2D eigenvalue weighted by atomic mass is 16.4. The van der Waals surface area contributed by atoms with Gasteiger partial charge < -0.3 is 39.9 Å². The summed E-state index contributed by atoms with van der Waals surface area (Å²) >= 11 is 0. The van der Waals surface area contributed by atoms with Crippen molar-refractivity contribution >= 4 is 41.0 Å². The summed E-state index contributed by atoms with van der Waals surface area (Å²) in [5.41, 5.74) is 1.31. The molecule has 0 atom stereocenters. The van der Waals surface area contributed by atoms with Crippen LogP contribution in [0.15, 0.2) is 30.7 Å². The third-order valence-corrected chi connectivity index (χ3v) is 4.93. The Morgan fingerprint density at radius 3 is 1.97 bits per heavy atom. The quantitative estimate of drug-likeness (QED) is 0.242. The van der Waals surface area contributed by atoms with Crippen molar-refractivity contribution < 1.29 is 29.4 Å². The first-order valence-electron chi connectivity index (χ1n) is 10.5. The van der Waals surface area contributed by atoms with Crippen LogP contribution >= 0.6 is 0 Å². The fourth-order valence-corrected chi connectivity index (χ4v) is 3.32. The SMILES string of the molecule is Cn1cc(NC(=O)c2cc(NC(=O)c3nc(NC(=O)O)cn3C)cn2C)cc1C(=O)NCCCO. The fraction of sp³-hybridized carbons (Fsp3) is 0.286. The first-order chi connectivity index (χ1) is 16.6. The molecule has 0 bridgehead atoms. The van der Waals surface area contributed by atoms with Gasteiger partial charge in [-0.05, 0) is 18.6 Å². The summed E-state index contributed by atoms with van der Waals surface area (Å²) in [6.07, 6.45) is 3.62. The van der Waals surface area contributed by atoms with Gasteiger partial charge in [0.05, 0.1) is 11.4 Å². The Hall–Kier alpha value is -4.59. The molecule has 6 N–H and O–H groups in total. The van der Waals surface area contributed by atoms with E-state index < -0.39 is 17.9 Å². The van der Waals surface area contributed by atoms with Crippen LogP contribution in [-0.4, -0.2) is 65.9 Å². The summed E-state index contributed by atoms with van der Waals surface area (Å²) in [6, 6.07) is 3.00. The van der Waals surface area contributed by atoms with Crippen LogP contribution in [0.3, 0.4) is 0 Å². The number of carbonyl (C=O) groups excluding carboxylic acids is 3. The zero-order chi connectivity index (χ0) is 25.7. The van der Waals surface area contributed by atoms with Gasteiger partial charge in [0, 0.05) is 52.9 Å². The minimum atomic E-state index is -1.30. The van der Waals surface area contributed by atoms with Crippen LogP contribution < -0.4 is 21.3 Å². The Kier molecular flexibility index (Phi) is 7.56. The van der Waals surface area contributed by atoms with Crippen molar-refractivity contribution in [2.24, 2.45) is 21.1 Å². The lowest BCUT2D eigenvalue weighted by molar-refractivity contribution is 0.0941. The van der Waals surface area contributed by atoms with Crippen LogP contribution in [-0.2, 0) is 21.1 Å². The number of aliphatic hydroxyl groups excluding tert-OH is 1. The zero-order valence-corrected chi connectivity index (χ0v) is 19.3. The maximum atomic E-state index is 12.8. The number of amides is 4. The Balaban J connectivity index is 1.67. The molecule has 14 nitrogen and oxygen atoms in total. The standard InChI is InChI=1S/C21H26N8O6/c1-27-9-12(7-14(27)18(31)22-5-4-6-30)23-19(32)15-8-13(10-28(15)2)24-20(33)17-25-16(11-29(17)3)26-21(34)35/h7-11,26,30H,4-6H2,1-3H3,(H,22,31)(H,23,32)(H,24,33)(H,34,35). The lowest BCUT2D eigenvalue weighted by Gasteiger charge is -2.04. The smallest absolute Gasteiger partial charge is 0.410 e. The number of anilines is 3. The summed E-state index contributed by atoms with van der Waals surface area (Å²) in [5.74, 6) is -1.42. The van der Waals surface area contributed by atoms with Gasteiger partial charge in [-0.15, -0.1) is 0 Å². The molecule has 3 rings (SSSR count). The third-order valence-electron chi connectivity index (χ3n) is 4.93. The van der Waals surface area contributed by atoms with E-state index in [1.165, 1.54) is 33.7 Å². The van der Waals surface area contributed by atoms with Crippen LogP contribution in [0.4, 0.5) is 22.0 Å². The van der Waals surface area contributed by atoms with Crippen LogP contribution in [0.5, 0.6) is 0 Å². The second-order valence-electron chi connectivity index (χ2n) is 7.68. The molecule has 3 aromatic heterocycles. The second kappa shape index (κ2) is 10.6. The molecule has 14 heteroatoms. The fourth-order valence-electron chi connectivity index (χ4n) is 3.32. The number of rotatable bonds is 9. The second-order valence-corrected chi connectivity index (χ2v) is 7.68. The molecular formula is C21H26N8O6. The minimum absolute atomic E-state index is 0.00240. The van der Waals surface area contributed by atoms with Crippen LogP contribution in [0.2, 0.25) is 0 Å². The number of aryl methyl sites for hydroxylation is 3. The molecule has 3 heterocycles. The molecule has 0 aliphatic carbocycles. The summed E-state index contributed by atoms with van der Waals surface area (Å²) in [7, 11) is 4.84. The van der Waals surface area contributed by atoms with Crippen molar-refractivity contribution in [3.8, 4) is 0 Å². The summed E-state index contributed by atoms with van der Waals surface area (Å²) in [5, 5.41) is 27.7. The van der Waals surface area contributed by atoms with E-state index in [9.17, 15) is 19.2 Å². The van der Waals surface area contributed by atoms with Crippen molar-refractivity contribution in [1.82, 2.24) is 24.0 Å². The number of aliphatic hydroxyl groups is 1. The molecule has 0 unspecified atom stereocenters. The van der Waals surface area contributed by atoms with Gasteiger partial charge in [-0.3, -0.25) is 19.7 Å². The Bertz CT molecular complexity index is 1270. The van der Waals surface area contributed by atoms with Gasteiger partial charge in [0.25, 0.3) is 17.7 Å². The topological polar surface area (TPSA) is 185 Å². The average molecular weight is 486 g/mol. The summed E-state index contributed by atoms with van der Waals surface area (Å²) < 4.78 is 4.46. The summed E-state index contributed by atoms with van der Waals surface area (Å²) in [6.45, 7) is 0.300. The molecule has 0 aliphatic rings. The number of aromatic nitrogens is 4. The van der Waals surface area contributed by atoms with Crippen molar-refractivity contribution in [3.05, 3.63) is 47.9 Å². The lowest BCUT2D eigenvalue weighted by atomic mass is 10.3. The normalized spacial score (nSPS) is 10.6. The first-order valence-corrected chi connectivity index (χ1v) is 10.5. The zero-order valence-electron chi connectivity index (χ0n) is 19.3. The number of carbonyl (C=O) groups is 4. The Labute approximate surface area is 199 Å². The predicted octanol–water partition coefficient (Wildman–Crippen LogP) is 0.804. The van der Waals surface area contributed by atoms with Gasteiger partial charge >= 0.3 is 6.09 Å². The van der Waals surface area contributed by atoms with E-state index in [1.807, 2.05) is 0 Å². The van der Waals surface area contributed by atoms with Crippen LogP contribution in [0.1, 0.15) is 38.0 Å². The lowest BCUT2D eigenvalue weighted by Crippen LogP contribution is -2.26. The largest absolute Gasteiger partial charge is 0.465 e. The van der Waals surface area contributed by atoms with Crippen molar-refractivity contribution in [3.63, 3.8) is 0 Å². The van der Waals surface area contributed by atoms with Gasteiger partial charge in [-0.1, -0.05) is 0 Å². The maximum Gasteiger partial charge on any atom is 0.410 e. The number of imidazole rings is 1. The van der Waals surface area contributed by atoms with Crippen molar-refractivity contribution in [1.29, 1.82) is 0 Å². The monoisotopic (exact) mass is 486 g/mol. The average Bonchev–Trinajstić information content (AvgIpc) is 3.44. The highest BCUT2D eigenvalue weighted by Gasteiger charge is 2.19. The highest BCUT2D eigenvalue weighted by Crippen LogP contribution is 2.18. The predicted molar refractivity (Wildman–Crippen MR) is 126 cm³/mol. The Morgan fingerprint density at radius 1 is 0.829 bits per heavy atom. The van der Waals surface area contributed by atoms with E-state index >= 15 is 0 Å². The molecule has 0 aliphatic heterocycles. The molecule has 186 valence electrons. The van der Waals surface area contributed by atoms with Crippen molar-refractivity contribution in [2.45, 2.75) is 6.42 Å². The highest BCUT2D eigenvalue weighted by molar-refractivity contribution is 6.07. The number of hydrogen-bond acceptors (Lipinski definition) is 6. The van der Waals surface area contributed by atoms with Crippen LogP contribution in [0.25, 0.3) is 0 Å². The molecular weight excluding hydrogens is 460 g/mol. The number of nitrogens with zero attached hydrogens (tertiary/aromatic N) is 4. The number of hydrogen-bond donors (Lipinski definition) is 6. The summed E-state index contributed by atoms with van der Waals surface area (Å²) in [4.78, 5) is 52.3. The van der Waals surface area contributed by atoms with E-state index in [1.54, 1.807) is 31.9 Å². The molecule has 0 radical (unpaired) electrons. The van der Waals surface area contributed by atoms with Crippen molar-refractivity contribution in [2.75, 3.05) is 29.1 Å². The van der Waals surface area contributed by atoms with Gasteiger partial charge in [-0.25, -0.2) is 9.78 Å². The maximum absolute atomic E-state index is 12.8. The van der Waals surface area contributed by atoms with E-state index in [0.717, 1.165) is 0 Å². The third kappa shape index (κ3) is 6.05. The van der Waals surface area contributed by atoms with E-state index in [2.05, 4.69) is 26.3 Å². The molecule has 0 aromatic carbocycles. The molecule has 0 saturated heterocycles. The molecule has 0 spiro atoms. The molecule has 3 aromatic rings. The Morgan fingerprint density at radius 2 is 1.40 bits per heavy atom. The number of nitrogens with one attached hydrogen (secondary N) is 4. The molecule has 4 amide bonds. The van der Waals surface area contributed by atoms with Gasteiger partial charge in [0.2, 0.25) is 5.82 Å². The molecule has 35 heavy (non-hydrogen) atoms. The van der Waals surface area contributed by atoms with Crippen LogP contribution in [0, 0.1) is 0 Å². The minimum Gasteiger partial charge on any atom is -0.465 e.